The summed E-state index contributed by atoms with van der Waals surface area (Å²) in [6.07, 6.45) is 3.88. The second-order valence-electron chi connectivity index (χ2n) is 4.03. The number of rotatable bonds is 5. The maximum Gasteiger partial charge on any atom is 0.243 e. The van der Waals surface area contributed by atoms with Crippen LogP contribution in [0.25, 0.3) is 0 Å². The Bertz CT molecular complexity index is 428. The van der Waals surface area contributed by atoms with Crippen molar-refractivity contribution in [3.63, 3.8) is 0 Å². The molecule has 0 radical (unpaired) electrons. The summed E-state index contributed by atoms with van der Waals surface area (Å²) in [5, 5.41) is 2.70. The zero-order chi connectivity index (χ0) is 12.8. The highest BCUT2D eigenvalue weighted by molar-refractivity contribution is 5.86. The fourth-order valence-corrected chi connectivity index (χ4v) is 1.66. The zero-order valence-electron chi connectivity index (χ0n) is 10.1. The van der Waals surface area contributed by atoms with E-state index in [0.29, 0.717) is 19.0 Å². The Kier molecular flexibility index (Phi) is 4.30. The number of nitrogens with one attached hydrogen (secondary N) is 1. The molecule has 0 aliphatic carbocycles. The highest BCUT2D eigenvalue weighted by Crippen LogP contribution is 2.15. The van der Waals surface area contributed by atoms with Crippen molar-refractivity contribution in [2.24, 2.45) is 0 Å². The lowest BCUT2D eigenvalue weighted by molar-refractivity contribution is -0.116. The Morgan fingerprint density at radius 3 is 3.33 bits per heavy atom. The summed E-state index contributed by atoms with van der Waals surface area (Å²) in [7, 11) is 0. The fraction of sp³-hybridized carbons (Fsp3) is 0.385. The van der Waals surface area contributed by atoms with Gasteiger partial charge in [0.1, 0.15) is 6.10 Å². The Labute approximate surface area is 106 Å². The molecule has 1 fully saturated rings. The van der Waals surface area contributed by atoms with Crippen molar-refractivity contribution in [1.29, 1.82) is 0 Å². The van der Waals surface area contributed by atoms with E-state index < -0.39 is 0 Å². The molecule has 0 bridgehead atoms. The monoisotopic (exact) mass is 248 g/mol. The maximum atomic E-state index is 11.1. The molecule has 1 unspecified atom stereocenters. The van der Waals surface area contributed by atoms with Gasteiger partial charge in [-0.2, -0.15) is 0 Å². The SMILES string of the molecule is C=CC(=O)NCc1ccnc(OC2CCOC2)c1. The van der Waals surface area contributed by atoms with Gasteiger partial charge in [-0.25, -0.2) is 4.98 Å². The Morgan fingerprint density at radius 2 is 2.61 bits per heavy atom. The number of carbonyl (C=O) groups excluding carboxylic acids is 1. The molecule has 18 heavy (non-hydrogen) atoms. The number of amides is 1. The van der Waals surface area contributed by atoms with Gasteiger partial charge in [0.05, 0.1) is 13.2 Å². The van der Waals surface area contributed by atoms with E-state index in [1.165, 1.54) is 6.08 Å². The van der Waals surface area contributed by atoms with Crippen LogP contribution in [0.1, 0.15) is 12.0 Å². The van der Waals surface area contributed by atoms with Crippen LogP contribution in [0.3, 0.4) is 0 Å². The van der Waals surface area contributed by atoms with Crippen molar-refractivity contribution in [1.82, 2.24) is 10.3 Å². The molecule has 2 heterocycles. The normalized spacial score (nSPS) is 18.3. The molecule has 1 aliphatic heterocycles. The molecule has 2 rings (SSSR count). The van der Waals surface area contributed by atoms with Crippen LogP contribution in [-0.4, -0.2) is 30.2 Å². The van der Waals surface area contributed by atoms with E-state index in [2.05, 4.69) is 16.9 Å². The molecular formula is C13H16N2O3. The van der Waals surface area contributed by atoms with Gasteiger partial charge in [0.25, 0.3) is 0 Å². The second kappa shape index (κ2) is 6.16. The molecule has 1 saturated heterocycles. The van der Waals surface area contributed by atoms with E-state index in [9.17, 15) is 4.79 Å². The number of carbonyl (C=O) groups is 1. The van der Waals surface area contributed by atoms with Crippen molar-refractivity contribution >= 4 is 5.91 Å². The average Bonchev–Trinajstić information content (AvgIpc) is 2.89. The fourth-order valence-electron chi connectivity index (χ4n) is 1.66. The van der Waals surface area contributed by atoms with Crippen LogP contribution >= 0.6 is 0 Å². The first-order chi connectivity index (χ1) is 8.78. The molecule has 1 atom stereocenters. The minimum Gasteiger partial charge on any atom is -0.472 e. The van der Waals surface area contributed by atoms with Crippen molar-refractivity contribution in [3.05, 3.63) is 36.5 Å². The molecule has 5 nitrogen and oxygen atoms in total. The van der Waals surface area contributed by atoms with Crippen molar-refractivity contribution in [3.8, 4) is 5.88 Å². The van der Waals surface area contributed by atoms with Crippen molar-refractivity contribution < 1.29 is 14.3 Å². The lowest BCUT2D eigenvalue weighted by Crippen LogP contribution is -2.20. The zero-order valence-corrected chi connectivity index (χ0v) is 10.1. The summed E-state index contributed by atoms with van der Waals surface area (Å²) < 4.78 is 10.9. The van der Waals surface area contributed by atoms with E-state index in [1.807, 2.05) is 12.1 Å². The number of ether oxygens (including phenoxy) is 2. The van der Waals surface area contributed by atoms with Gasteiger partial charge >= 0.3 is 0 Å². The summed E-state index contributed by atoms with van der Waals surface area (Å²) in [5.41, 5.74) is 0.939. The number of pyridine rings is 1. The van der Waals surface area contributed by atoms with Gasteiger partial charge in [0.2, 0.25) is 11.8 Å². The van der Waals surface area contributed by atoms with Gasteiger partial charge in [0, 0.05) is 25.2 Å². The molecular weight excluding hydrogens is 232 g/mol. The van der Waals surface area contributed by atoms with Crippen LogP contribution < -0.4 is 10.1 Å². The first kappa shape index (κ1) is 12.6. The molecule has 1 aliphatic rings. The third-order valence-electron chi connectivity index (χ3n) is 2.63. The van der Waals surface area contributed by atoms with E-state index in [0.717, 1.165) is 18.6 Å². The van der Waals surface area contributed by atoms with Crippen LogP contribution in [0.2, 0.25) is 0 Å². The van der Waals surface area contributed by atoms with Gasteiger partial charge in [-0.15, -0.1) is 0 Å². The molecule has 0 saturated carbocycles. The third kappa shape index (κ3) is 3.56. The van der Waals surface area contributed by atoms with Gasteiger partial charge < -0.3 is 14.8 Å². The van der Waals surface area contributed by atoms with Gasteiger partial charge in [-0.05, 0) is 17.7 Å². The third-order valence-corrected chi connectivity index (χ3v) is 2.63. The molecule has 5 heteroatoms. The number of hydrogen-bond acceptors (Lipinski definition) is 4. The highest BCUT2D eigenvalue weighted by atomic mass is 16.5. The summed E-state index contributed by atoms with van der Waals surface area (Å²) in [5.74, 6) is 0.370. The van der Waals surface area contributed by atoms with E-state index in [1.54, 1.807) is 6.20 Å². The summed E-state index contributed by atoms with van der Waals surface area (Å²) in [6.45, 7) is 5.18. The van der Waals surface area contributed by atoms with Gasteiger partial charge in [-0.1, -0.05) is 6.58 Å². The molecule has 96 valence electrons. The standard InChI is InChI=1S/C13H16N2O3/c1-2-12(16)15-8-10-3-5-14-13(7-10)18-11-4-6-17-9-11/h2-3,5,7,11H,1,4,6,8-9H2,(H,15,16). The maximum absolute atomic E-state index is 11.1. The first-order valence-corrected chi connectivity index (χ1v) is 5.87. The van der Waals surface area contributed by atoms with Crippen molar-refractivity contribution in [2.75, 3.05) is 13.2 Å². The van der Waals surface area contributed by atoms with Crippen LogP contribution in [0, 0.1) is 0 Å². The van der Waals surface area contributed by atoms with E-state index in [4.69, 9.17) is 9.47 Å². The largest absolute Gasteiger partial charge is 0.472 e. The quantitative estimate of drug-likeness (QED) is 0.791. The smallest absolute Gasteiger partial charge is 0.243 e. The molecule has 1 amide bonds. The summed E-state index contributed by atoms with van der Waals surface area (Å²) in [6, 6.07) is 3.66. The van der Waals surface area contributed by atoms with Gasteiger partial charge in [0.15, 0.2) is 0 Å². The Balaban J connectivity index is 1.91. The molecule has 1 N–H and O–H groups in total. The topological polar surface area (TPSA) is 60.5 Å². The Hall–Kier alpha value is -1.88. The molecule has 0 aromatic carbocycles. The van der Waals surface area contributed by atoms with E-state index >= 15 is 0 Å². The summed E-state index contributed by atoms with van der Waals surface area (Å²) in [4.78, 5) is 15.2. The highest BCUT2D eigenvalue weighted by Gasteiger charge is 2.17. The van der Waals surface area contributed by atoms with Crippen LogP contribution in [0.4, 0.5) is 0 Å². The number of aromatic nitrogens is 1. The summed E-state index contributed by atoms with van der Waals surface area (Å²) >= 11 is 0. The van der Waals surface area contributed by atoms with Crippen molar-refractivity contribution in [2.45, 2.75) is 19.1 Å². The lowest BCUT2D eigenvalue weighted by Gasteiger charge is -2.11. The Morgan fingerprint density at radius 1 is 1.72 bits per heavy atom. The van der Waals surface area contributed by atoms with Crippen LogP contribution in [-0.2, 0) is 16.1 Å². The predicted molar refractivity (Wildman–Crippen MR) is 66.1 cm³/mol. The predicted octanol–water partition coefficient (Wildman–Crippen LogP) is 1.05. The van der Waals surface area contributed by atoms with E-state index in [-0.39, 0.29) is 12.0 Å². The van der Waals surface area contributed by atoms with Crippen LogP contribution in [0.15, 0.2) is 31.0 Å². The molecule has 1 aromatic rings. The molecule has 0 spiro atoms. The van der Waals surface area contributed by atoms with Gasteiger partial charge in [-0.3, -0.25) is 4.79 Å². The minimum atomic E-state index is -0.196. The minimum absolute atomic E-state index is 0.0792. The average molecular weight is 248 g/mol. The number of nitrogens with zero attached hydrogens (tertiary/aromatic N) is 1. The second-order valence-corrected chi connectivity index (χ2v) is 4.03. The van der Waals surface area contributed by atoms with Crippen LogP contribution in [0.5, 0.6) is 5.88 Å². The first-order valence-electron chi connectivity index (χ1n) is 5.87. The lowest BCUT2D eigenvalue weighted by atomic mass is 10.2. The molecule has 1 aromatic heterocycles. The number of hydrogen-bond donors (Lipinski definition) is 1.